The van der Waals surface area contributed by atoms with E-state index < -0.39 is 0 Å². The molecule has 1 aromatic heterocycles. The quantitative estimate of drug-likeness (QED) is 0.844. The lowest BCUT2D eigenvalue weighted by Gasteiger charge is -2.23. The molecule has 2 aromatic rings. The fourth-order valence-electron chi connectivity index (χ4n) is 2.88. The lowest BCUT2D eigenvalue weighted by molar-refractivity contribution is -0.114. The first-order chi connectivity index (χ1) is 10.9. The number of carbonyl (C=O) groups excluding carboxylic acids is 1. The van der Waals surface area contributed by atoms with Gasteiger partial charge in [0.2, 0.25) is 5.91 Å². The summed E-state index contributed by atoms with van der Waals surface area (Å²) in [5, 5.41) is 10.5. The minimum atomic E-state index is -0.0649. The van der Waals surface area contributed by atoms with Crippen molar-refractivity contribution >= 4 is 11.6 Å². The van der Waals surface area contributed by atoms with E-state index in [1.54, 1.807) is 0 Å². The number of aromatic nitrogens is 1. The molecule has 0 aliphatic heterocycles. The van der Waals surface area contributed by atoms with Crippen LogP contribution in [0.4, 0.5) is 5.69 Å². The summed E-state index contributed by atoms with van der Waals surface area (Å²) in [6, 6.07) is 8.23. The van der Waals surface area contributed by atoms with E-state index in [0.717, 1.165) is 34.7 Å². The molecule has 2 atom stereocenters. The predicted molar refractivity (Wildman–Crippen MR) is 91.3 cm³/mol. The van der Waals surface area contributed by atoms with Gasteiger partial charge in [-0.1, -0.05) is 24.2 Å². The molecular weight excluding hydrogens is 290 g/mol. The Bertz CT molecular complexity index is 659. The van der Waals surface area contributed by atoms with Gasteiger partial charge in [-0.15, -0.1) is 0 Å². The topological polar surface area (TPSA) is 67.2 Å². The van der Waals surface area contributed by atoms with E-state index in [9.17, 15) is 4.79 Å². The molecule has 0 bridgehead atoms. The van der Waals surface area contributed by atoms with Crippen molar-refractivity contribution in [3.63, 3.8) is 0 Å². The molecule has 5 heteroatoms. The maximum absolute atomic E-state index is 11.2. The number of aryl methyl sites for hydroxylation is 2. The van der Waals surface area contributed by atoms with Gasteiger partial charge < -0.3 is 15.2 Å². The van der Waals surface area contributed by atoms with Crippen molar-refractivity contribution in [1.82, 2.24) is 10.5 Å². The molecular formula is C18H25N3O2. The highest BCUT2D eigenvalue weighted by Gasteiger charge is 2.21. The Morgan fingerprint density at radius 1 is 1.35 bits per heavy atom. The molecule has 5 nitrogen and oxygen atoms in total. The maximum Gasteiger partial charge on any atom is 0.221 e. The van der Waals surface area contributed by atoms with Crippen LogP contribution in [0.3, 0.4) is 0 Å². The van der Waals surface area contributed by atoms with Crippen LogP contribution in [-0.4, -0.2) is 11.1 Å². The summed E-state index contributed by atoms with van der Waals surface area (Å²) < 4.78 is 5.29. The van der Waals surface area contributed by atoms with Crippen LogP contribution < -0.4 is 10.6 Å². The van der Waals surface area contributed by atoms with Gasteiger partial charge in [0.25, 0.3) is 0 Å². The van der Waals surface area contributed by atoms with Crippen molar-refractivity contribution in [2.75, 3.05) is 5.32 Å². The summed E-state index contributed by atoms with van der Waals surface area (Å²) in [5.41, 5.74) is 4.01. The fraction of sp³-hybridized carbons (Fsp3) is 0.444. The smallest absolute Gasteiger partial charge is 0.221 e. The Balaban J connectivity index is 2.17. The van der Waals surface area contributed by atoms with Gasteiger partial charge in [0, 0.05) is 30.3 Å². The largest absolute Gasteiger partial charge is 0.361 e. The zero-order valence-corrected chi connectivity index (χ0v) is 14.4. The highest BCUT2D eigenvalue weighted by atomic mass is 16.5. The van der Waals surface area contributed by atoms with E-state index in [4.69, 9.17) is 4.52 Å². The van der Waals surface area contributed by atoms with E-state index in [2.05, 4.69) is 35.7 Å². The zero-order chi connectivity index (χ0) is 17.0. The standard InChI is InChI=1S/C18H25N3O2/c1-6-17(18-12(3)21-23-13(18)4)19-11(2)15-8-7-9-16(10-15)20-14(5)22/h7-11,17,19H,6H2,1-5H3,(H,20,22)/t11-,17-/m1/s1. The molecule has 1 heterocycles. The van der Waals surface area contributed by atoms with Gasteiger partial charge in [-0.25, -0.2) is 0 Å². The van der Waals surface area contributed by atoms with Crippen molar-refractivity contribution in [3.8, 4) is 0 Å². The number of anilines is 1. The summed E-state index contributed by atoms with van der Waals surface area (Å²) in [6.07, 6.45) is 0.943. The van der Waals surface area contributed by atoms with Gasteiger partial charge in [-0.3, -0.25) is 4.79 Å². The highest BCUT2D eigenvalue weighted by Crippen LogP contribution is 2.27. The second-order valence-electron chi connectivity index (χ2n) is 5.89. The number of benzene rings is 1. The van der Waals surface area contributed by atoms with Gasteiger partial charge in [-0.05, 0) is 44.9 Å². The third kappa shape index (κ3) is 4.20. The summed E-state index contributed by atoms with van der Waals surface area (Å²) in [4.78, 5) is 11.2. The summed E-state index contributed by atoms with van der Waals surface area (Å²) in [6.45, 7) is 9.69. The molecule has 2 rings (SSSR count). The Hall–Kier alpha value is -2.14. The molecule has 1 amide bonds. The van der Waals surface area contributed by atoms with Crippen LogP contribution in [0, 0.1) is 13.8 Å². The molecule has 124 valence electrons. The molecule has 2 N–H and O–H groups in total. The molecule has 0 saturated carbocycles. The van der Waals surface area contributed by atoms with Crippen molar-refractivity contribution in [2.45, 2.75) is 53.1 Å². The van der Waals surface area contributed by atoms with Gasteiger partial charge in [-0.2, -0.15) is 0 Å². The number of rotatable bonds is 6. The van der Waals surface area contributed by atoms with Gasteiger partial charge in [0.15, 0.2) is 0 Å². The van der Waals surface area contributed by atoms with E-state index in [0.29, 0.717) is 0 Å². The lowest BCUT2D eigenvalue weighted by atomic mass is 10.00. The van der Waals surface area contributed by atoms with Crippen LogP contribution in [0.1, 0.15) is 61.9 Å². The number of nitrogens with zero attached hydrogens (tertiary/aromatic N) is 1. The highest BCUT2D eigenvalue weighted by molar-refractivity contribution is 5.88. The van der Waals surface area contributed by atoms with Crippen molar-refractivity contribution in [1.29, 1.82) is 0 Å². The number of amides is 1. The van der Waals surface area contributed by atoms with E-state index in [1.165, 1.54) is 6.92 Å². The molecule has 0 fully saturated rings. The van der Waals surface area contributed by atoms with Gasteiger partial charge in [0.05, 0.1) is 5.69 Å². The van der Waals surface area contributed by atoms with Crippen molar-refractivity contribution < 1.29 is 9.32 Å². The third-order valence-corrected chi connectivity index (χ3v) is 4.00. The number of carbonyl (C=O) groups is 1. The van der Waals surface area contributed by atoms with Gasteiger partial charge >= 0.3 is 0 Å². The monoisotopic (exact) mass is 315 g/mol. The van der Waals surface area contributed by atoms with Crippen LogP contribution in [0.5, 0.6) is 0 Å². The van der Waals surface area contributed by atoms with Crippen molar-refractivity contribution in [3.05, 3.63) is 46.8 Å². The summed E-state index contributed by atoms with van der Waals surface area (Å²) in [5.74, 6) is 0.797. The van der Waals surface area contributed by atoms with E-state index in [1.807, 2.05) is 32.0 Å². The van der Waals surface area contributed by atoms with Crippen LogP contribution >= 0.6 is 0 Å². The molecule has 0 aliphatic rings. The van der Waals surface area contributed by atoms with E-state index in [-0.39, 0.29) is 18.0 Å². The average molecular weight is 315 g/mol. The SMILES string of the molecule is CC[C@@H](N[C@H](C)c1cccc(NC(C)=O)c1)c1c(C)noc1C. The summed E-state index contributed by atoms with van der Waals surface area (Å²) >= 11 is 0. The predicted octanol–water partition coefficient (Wildman–Crippen LogP) is 4.05. The lowest BCUT2D eigenvalue weighted by Crippen LogP contribution is -2.25. The Labute approximate surface area is 137 Å². The van der Waals surface area contributed by atoms with Crippen LogP contribution in [0.2, 0.25) is 0 Å². The summed E-state index contributed by atoms with van der Waals surface area (Å²) in [7, 11) is 0. The Morgan fingerprint density at radius 3 is 2.65 bits per heavy atom. The third-order valence-electron chi connectivity index (χ3n) is 4.00. The second-order valence-corrected chi connectivity index (χ2v) is 5.89. The normalized spacial score (nSPS) is 13.6. The van der Waals surface area contributed by atoms with Crippen LogP contribution in [-0.2, 0) is 4.79 Å². The minimum Gasteiger partial charge on any atom is -0.361 e. The molecule has 0 spiro atoms. The molecule has 23 heavy (non-hydrogen) atoms. The molecule has 1 aromatic carbocycles. The Morgan fingerprint density at radius 2 is 2.09 bits per heavy atom. The average Bonchev–Trinajstić information content (AvgIpc) is 2.83. The zero-order valence-electron chi connectivity index (χ0n) is 14.4. The first-order valence-electron chi connectivity index (χ1n) is 7.98. The number of nitrogens with one attached hydrogen (secondary N) is 2. The first kappa shape index (κ1) is 17.2. The van der Waals surface area contributed by atoms with Crippen molar-refractivity contribution in [2.24, 2.45) is 0 Å². The van der Waals surface area contributed by atoms with Gasteiger partial charge in [0.1, 0.15) is 5.76 Å². The molecule has 0 radical (unpaired) electrons. The minimum absolute atomic E-state index is 0.0649. The molecule has 0 aliphatic carbocycles. The number of hydrogen-bond acceptors (Lipinski definition) is 4. The second kappa shape index (κ2) is 7.42. The fourth-order valence-corrected chi connectivity index (χ4v) is 2.88. The molecule has 0 saturated heterocycles. The Kier molecular flexibility index (Phi) is 5.55. The van der Waals surface area contributed by atoms with Crippen LogP contribution in [0.15, 0.2) is 28.8 Å². The van der Waals surface area contributed by atoms with Crippen LogP contribution in [0.25, 0.3) is 0 Å². The molecule has 0 unspecified atom stereocenters. The maximum atomic E-state index is 11.2. The first-order valence-corrected chi connectivity index (χ1v) is 7.98. The number of hydrogen-bond donors (Lipinski definition) is 2. The van der Waals surface area contributed by atoms with E-state index >= 15 is 0 Å².